The van der Waals surface area contributed by atoms with Gasteiger partial charge in [-0.3, -0.25) is 10.1 Å². The fourth-order valence-corrected chi connectivity index (χ4v) is 5.14. The molecular weight excluding hydrogens is 414 g/mol. The average molecular weight is 430 g/mol. The summed E-state index contributed by atoms with van der Waals surface area (Å²) in [6.45, 7) is 1.58. The van der Waals surface area contributed by atoms with Crippen molar-refractivity contribution < 1.29 is 13.2 Å². The molecule has 0 fully saturated rings. The maximum Gasteiger partial charge on any atom is 0.257 e. The highest BCUT2D eigenvalue weighted by Gasteiger charge is 2.15. The first kappa shape index (κ1) is 18.7. The Labute approximate surface area is 169 Å². The van der Waals surface area contributed by atoms with Crippen molar-refractivity contribution in [3.05, 3.63) is 59.5 Å². The summed E-state index contributed by atoms with van der Waals surface area (Å²) < 4.78 is 24.8. The van der Waals surface area contributed by atoms with Gasteiger partial charge in [-0.25, -0.2) is 18.4 Å². The molecule has 0 saturated carbocycles. The van der Waals surface area contributed by atoms with Crippen LogP contribution in [0.5, 0.6) is 0 Å². The van der Waals surface area contributed by atoms with E-state index in [1.807, 2.05) is 29.6 Å². The number of sulfone groups is 1. The Morgan fingerprint density at radius 2 is 1.82 bits per heavy atom. The van der Waals surface area contributed by atoms with Gasteiger partial charge < -0.3 is 0 Å². The molecule has 9 heteroatoms. The summed E-state index contributed by atoms with van der Waals surface area (Å²) in [6.07, 6.45) is 0. The molecular formula is C19H15N3O3S3. The highest BCUT2D eigenvalue weighted by atomic mass is 32.2. The number of hydrogen-bond acceptors (Lipinski definition) is 7. The van der Waals surface area contributed by atoms with E-state index < -0.39 is 9.84 Å². The second kappa shape index (κ2) is 7.42. The smallest absolute Gasteiger partial charge is 0.257 e. The topological polar surface area (TPSA) is 89.0 Å². The number of hydrogen-bond donors (Lipinski definition) is 1. The minimum atomic E-state index is -3.29. The van der Waals surface area contributed by atoms with E-state index in [0.717, 1.165) is 15.2 Å². The van der Waals surface area contributed by atoms with Crippen LogP contribution in [0, 0.1) is 0 Å². The lowest BCUT2D eigenvalue weighted by molar-refractivity contribution is 0.102. The molecule has 4 rings (SSSR count). The molecule has 0 radical (unpaired) electrons. The number of carbonyl (C=O) groups is 1. The maximum atomic E-state index is 12.4. The minimum Gasteiger partial charge on any atom is -0.298 e. The van der Waals surface area contributed by atoms with Crippen LogP contribution in [0.25, 0.3) is 20.9 Å². The third-order valence-electron chi connectivity index (χ3n) is 4.09. The second-order valence-corrected chi connectivity index (χ2v) is 10.1. The van der Waals surface area contributed by atoms with Crippen LogP contribution in [0.1, 0.15) is 17.3 Å². The number of anilines is 1. The molecule has 2 aromatic heterocycles. The van der Waals surface area contributed by atoms with Gasteiger partial charge in [0.1, 0.15) is 10.7 Å². The number of thiazole rings is 2. The molecule has 0 spiro atoms. The van der Waals surface area contributed by atoms with Gasteiger partial charge >= 0.3 is 0 Å². The molecule has 0 aliphatic heterocycles. The fourth-order valence-electron chi connectivity index (χ4n) is 2.56. The number of rotatable bonds is 5. The number of amides is 1. The Morgan fingerprint density at radius 1 is 1.07 bits per heavy atom. The van der Waals surface area contributed by atoms with Crippen molar-refractivity contribution in [1.82, 2.24) is 9.97 Å². The van der Waals surface area contributed by atoms with E-state index in [0.29, 0.717) is 16.4 Å². The van der Waals surface area contributed by atoms with Crippen molar-refractivity contribution >= 4 is 53.8 Å². The van der Waals surface area contributed by atoms with Crippen molar-refractivity contribution in [3.8, 4) is 10.7 Å². The summed E-state index contributed by atoms with van der Waals surface area (Å²) >= 11 is 2.86. The van der Waals surface area contributed by atoms with Crippen LogP contribution in [-0.2, 0) is 9.84 Å². The predicted octanol–water partition coefficient (Wildman–Crippen LogP) is 4.47. The van der Waals surface area contributed by atoms with Crippen LogP contribution in [-0.4, -0.2) is 30.0 Å². The number of fused-ring (bicyclic) bond motifs is 1. The van der Waals surface area contributed by atoms with Gasteiger partial charge in [0.05, 0.1) is 20.9 Å². The second-order valence-electron chi connectivity index (χ2n) is 5.91. The standard InChI is InChI=1S/C19H15N3O3S3/c1-2-28(24,25)13-9-7-12(8-10-13)17(23)22-19-21-15(11-26-19)18-20-14-5-3-4-6-16(14)27-18/h3-11H,2H2,1H3,(H,21,22,23). The van der Waals surface area contributed by atoms with E-state index in [4.69, 9.17) is 0 Å². The molecule has 2 aromatic carbocycles. The first-order valence-electron chi connectivity index (χ1n) is 8.42. The van der Waals surface area contributed by atoms with E-state index in [9.17, 15) is 13.2 Å². The van der Waals surface area contributed by atoms with Gasteiger partial charge in [0.25, 0.3) is 5.91 Å². The average Bonchev–Trinajstić information content (AvgIpc) is 3.34. The van der Waals surface area contributed by atoms with Gasteiger partial charge in [-0.05, 0) is 36.4 Å². The van der Waals surface area contributed by atoms with Crippen molar-refractivity contribution in [3.63, 3.8) is 0 Å². The summed E-state index contributed by atoms with van der Waals surface area (Å²) in [5.74, 6) is -0.322. The molecule has 0 saturated heterocycles. The quantitative estimate of drug-likeness (QED) is 0.506. The number of aromatic nitrogens is 2. The number of benzene rings is 2. The zero-order chi connectivity index (χ0) is 19.7. The fraction of sp³-hybridized carbons (Fsp3) is 0.105. The van der Waals surface area contributed by atoms with Crippen molar-refractivity contribution in [2.24, 2.45) is 0 Å². The van der Waals surface area contributed by atoms with E-state index in [1.54, 1.807) is 18.3 Å². The minimum absolute atomic E-state index is 0.0200. The van der Waals surface area contributed by atoms with Crippen LogP contribution < -0.4 is 5.32 Å². The Bertz CT molecular complexity index is 1230. The first-order valence-corrected chi connectivity index (χ1v) is 11.8. The van der Waals surface area contributed by atoms with Crippen LogP contribution in [0.3, 0.4) is 0 Å². The van der Waals surface area contributed by atoms with E-state index in [2.05, 4.69) is 15.3 Å². The zero-order valence-corrected chi connectivity index (χ0v) is 17.2. The Kier molecular flexibility index (Phi) is 4.96. The summed E-state index contributed by atoms with van der Waals surface area (Å²) in [5.41, 5.74) is 2.00. The number of carbonyl (C=O) groups excluding carboxylic acids is 1. The zero-order valence-electron chi connectivity index (χ0n) is 14.7. The van der Waals surface area contributed by atoms with Gasteiger partial charge in [0.15, 0.2) is 15.0 Å². The van der Waals surface area contributed by atoms with Crippen LogP contribution >= 0.6 is 22.7 Å². The molecule has 0 bridgehead atoms. The molecule has 1 amide bonds. The molecule has 0 aliphatic rings. The molecule has 4 aromatic rings. The first-order chi connectivity index (χ1) is 13.5. The highest BCUT2D eigenvalue weighted by molar-refractivity contribution is 7.91. The van der Waals surface area contributed by atoms with Crippen LogP contribution in [0.4, 0.5) is 5.13 Å². The lowest BCUT2D eigenvalue weighted by Gasteiger charge is -2.04. The molecule has 0 atom stereocenters. The Hall–Kier alpha value is -2.62. The molecule has 0 unspecified atom stereocenters. The van der Waals surface area contributed by atoms with Crippen molar-refractivity contribution in [2.75, 3.05) is 11.1 Å². The van der Waals surface area contributed by atoms with Gasteiger partial charge in [-0.15, -0.1) is 22.7 Å². The number of nitrogens with zero attached hydrogens (tertiary/aromatic N) is 2. The molecule has 0 aliphatic carbocycles. The van der Waals surface area contributed by atoms with Gasteiger partial charge in [-0.2, -0.15) is 0 Å². The highest BCUT2D eigenvalue weighted by Crippen LogP contribution is 2.32. The summed E-state index contributed by atoms with van der Waals surface area (Å²) in [5, 5.41) is 5.86. The third kappa shape index (κ3) is 3.68. The Morgan fingerprint density at radius 3 is 2.54 bits per heavy atom. The van der Waals surface area contributed by atoms with E-state index >= 15 is 0 Å². The number of nitrogens with one attached hydrogen (secondary N) is 1. The van der Waals surface area contributed by atoms with E-state index in [1.165, 1.54) is 35.6 Å². The van der Waals surface area contributed by atoms with Gasteiger partial charge in [-0.1, -0.05) is 19.1 Å². The third-order valence-corrected chi connectivity index (χ3v) is 7.66. The molecule has 142 valence electrons. The molecule has 1 N–H and O–H groups in total. The monoisotopic (exact) mass is 429 g/mol. The predicted molar refractivity (Wildman–Crippen MR) is 113 cm³/mol. The summed E-state index contributed by atoms with van der Waals surface area (Å²) in [7, 11) is -3.29. The molecule has 2 heterocycles. The summed E-state index contributed by atoms with van der Waals surface area (Å²) in [4.78, 5) is 21.6. The maximum absolute atomic E-state index is 12.4. The summed E-state index contributed by atoms with van der Waals surface area (Å²) in [6, 6.07) is 13.8. The molecule has 28 heavy (non-hydrogen) atoms. The number of para-hydroxylation sites is 1. The van der Waals surface area contributed by atoms with Crippen molar-refractivity contribution in [1.29, 1.82) is 0 Å². The van der Waals surface area contributed by atoms with Crippen molar-refractivity contribution in [2.45, 2.75) is 11.8 Å². The lowest BCUT2D eigenvalue weighted by atomic mass is 10.2. The Balaban J connectivity index is 1.51. The van der Waals surface area contributed by atoms with Crippen LogP contribution in [0.15, 0.2) is 58.8 Å². The van der Waals surface area contributed by atoms with Crippen LogP contribution in [0.2, 0.25) is 0 Å². The lowest BCUT2D eigenvalue weighted by Crippen LogP contribution is -2.12. The van der Waals surface area contributed by atoms with Gasteiger partial charge in [0.2, 0.25) is 0 Å². The largest absolute Gasteiger partial charge is 0.298 e. The normalized spacial score (nSPS) is 11.6. The molecule has 6 nitrogen and oxygen atoms in total. The van der Waals surface area contributed by atoms with Gasteiger partial charge in [0, 0.05) is 10.9 Å². The van der Waals surface area contributed by atoms with E-state index in [-0.39, 0.29) is 16.6 Å². The SMILES string of the molecule is CCS(=O)(=O)c1ccc(C(=O)Nc2nc(-c3nc4ccccc4s3)cs2)cc1.